The summed E-state index contributed by atoms with van der Waals surface area (Å²) in [7, 11) is -3.98. The van der Waals surface area contributed by atoms with Crippen LogP contribution < -0.4 is 4.72 Å². The molecule has 4 rings (SSSR count). The van der Waals surface area contributed by atoms with Crippen LogP contribution in [0.5, 0.6) is 0 Å². The molecule has 1 aromatic heterocycles. The first-order valence-electron chi connectivity index (χ1n) is 10.9. The molecule has 35 heavy (non-hydrogen) atoms. The maximum absolute atomic E-state index is 12.3. The minimum absolute atomic E-state index is 0.00216. The number of aryl methyl sites for hydroxylation is 2. The lowest BCUT2D eigenvalue weighted by atomic mass is 10.1. The average molecular weight is 532 g/mol. The first kappa shape index (κ1) is 25.0. The normalized spacial score (nSPS) is 11.5. The number of sulfonamides is 1. The van der Waals surface area contributed by atoms with Crippen molar-refractivity contribution >= 4 is 50.4 Å². The zero-order chi connectivity index (χ0) is 25.2. The topological polar surface area (TPSA) is 90.3 Å². The predicted octanol–water partition coefficient (Wildman–Crippen LogP) is 5.86. The molecule has 1 amide bonds. The number of imidazole rings is 1. The molecule has 0 saturated carbocycles. The van der Waals surface area contributed by atoms with E-state index in [-0.39, 0.29) is 11.5 Å². The Labute approximate surface area is 213 Å². The molecule has 7 nitrogen and oxygen atoms in total. The summed E-state index contributed by atoms with van der Waals surface area (Å²) in [6.45, 7) is 3.89. The summed E-state index contributed by atoms with van der Waals surface area (Å²) in [6, 6.07) is 17.5. The fourth-order valence-corrected chi connectivity index (χ4v) is 4.84. The lowest BCUT2D eigenvalue weighted by Crippen LogP contribution is -2.31. The summed E-state index contributed by atoms with van der Waals surface area (Å²) in [5, 5.41) is 0.914. The molecule has 182 valence electrons. The number of nitrogens with one attached hydrogen (secondary N) is 1. The van der Waals surface area contributed by atoms with Crippen molar-refractivity contribution in [2.24, 2.45) is 0 Å². The molecule has 0 atom stereocenters. The number of rotatable bonds is 7. The monoisotopic (exact) mass is 531 g/mol. The fraction of sp³-hybridized carbons (Fsp3) is 0.200. The van der Waals surface area contributed by atoms with Crippen LogP contribution in [-0.4, -0.2) is 30.7 Å². The van der Waals surface area contributed by atoms with Crippen LogP contribution in [0.4, 0.5) is 4.79 Å². The van der Waals surface area contributed by atoms with Crippen molar-refractivity contribution in [1.29, 1.82) is 0 Å². The Morgan fingerprint density at radius 3 is 2.34 bits per heavy atom. The second-order valence-corrected chi connectivity index (χ2v) is 10.4. The molecule has 0 spiro atoms. The van der Waals surface area contributed by atoms with Crippen molar-refractivity contribution in [3.8, 4) is 5.69 Å². The van der Waals surface area contributed by atoms with Crippen LogP contribution in [0.15, 0.2) is 65.6 Å². The molecule has 0 fully saturated rings. The molecule has 0 aliphatic rings. The second-order valence-electron chi connectivity index (χ2n) is 7.94. The fourth-order valence-electron chi connectivity index (χ4n) is 3.64. The number of amides is 1. The summed E-state index contributed by atoms with van der Waals surface area (Å²) >= 11 is 12.4. The number of carbonyl (C=O) groups excluding carboxylic acids is 1. The van der Waals surface area contributed by atoms with Crippen LogP contribution in [0.2, 0.25) is 10.0 Å². The third-order valence-corrected chi connectivity index (χ3v) is 7.50. The number of halogens is 2. The van der Waals surface area contributed by atoms with E-state index in [4.69, 9.17) is 27.9 Å². The van der Waals surface area contributed by atoms with Gasteiger partial charge in [0.1, 0.15) is 5.82 Å². The van der Waals surface area contributed by atoms with Crippen molar-refractivity contribution in [2.45, 2.75) is 31.6 Å². The number of hydrogen-bond donors (Lipinski definition) is 1. The molecule has 0 aliphatic heterocycles. The van der Waals surface area contributed by atoms with Gasteiger partial charge >= 0.3 is 6.09 Å². The van der Waals surface area contributed by atoms with E-state index in [9.17, 15) is 13.2 Å². The Morgan fingerprint density at radius 2 is 1.69 bits per heavy atom. The van der Waals surface area contributed by atoms with Crippen LogP contribution in [0, 0.1) is 6.92 Å². The maximum Gasteiger partial charge on any atom is 0.421 e. The molecule has 3 aromatic carbocycles. The number of ether oxygens (including phenoxy) is 1. The summed E-state index contributed by atoms with van der Waals surface area (Å²) in [5.41, 5.74) is 4.37. The Bertz CT molecular complexity index is 1480. The van der Waals surface area contributed by atoms with E-state index in [0.29, 0.717) is 16.5 Å². The largest absolute Gasteiger partial charge is 0.448 e. The van der Waals surface area contributed by atoms with E-state index in [2.05, 4.69) is 4.98 Å². The minimum atomic E-state index is -3.98. The predicted molar refractivity (Wildman–Crippen MR) is 137 cm³/mol. The van der Waals surface area contributed by atoms with E-state index >= 15 is 0 Å². The molecule has 0 saturated heterocycles. The quantitative estimate of drug-likeness (QED) is 0.322. The third kappa shape index (κ3) is 5.61. The molecular formula is C25H23Cl2N3O4S. The number of fused-ring (bicyclic) bond motifs is 1. The molecule has 1 heterocycles. The van der Waals surface area contributed by atoms with E-state index in [1.807, 2.05) is 47.4 Å². The van der Waals surface area contributed by atoms with Gasteiger partial charge in [0.25, 0.3) is 10.0 Å². The van der Waals surface area contributed by atoms with Gasteiger partial charge in [0.2, 0.25) is 0 Å². The highest BCUT2D eigenvalue weighted by Crippen LogP contribution is 2.30. The Balaban J connectivity index is 1.40. The molecule has 0 unspecified atom stereocenters. The van der Waals surface area contributed by atoms with E-state index in [1.54, 1.807) is 24.3 Å². The molecule has 4 aromatic rings. The van der Waals surface area contributed by atoms with Crippen molar-refractivity contribution in [2.75, 3.05) is 6.61 Å². The van der Waals surface area contributed by atoms with Gasteiger partial charge < -0.3 is 4.74 Å². The lowest BCUT2D eigenvalue weighted by Gasteiger charge is -2.11. The SMILES string of the molecule is CCc1nc2cc(Cl)c(Cl)cc2n1-c1ccc(CCOC(=O)NS(=O)(=O)c2ccc(C)cc2)cc1. The Kier molecular flexibility index (Phi) is 7.35. The van der Waals surface area contributed by atoms with Gasteiger partial charge in [-0.1, -0.05) is 60.0 Å². The number of benzene rings is 3. The highest BCUT2D eigenvalue weighted by molar-refractivity contribution is 7.90. The Morgan fingerprint density at radius 1 is 1.03 bits per heavy atom. The van der Waals surface area contributed by atoms with Crippen molar-refractivity contribution in [1.82, 2.24) is 14.3 Å². The summed E-state index contributed by atoms with van der Waals surface area (Å²) in [5.74, 6) is 0.876. The molecule has 0 bridgehead atoms. The van der Waals surface area contributed by atoms with E-state index in [0.717, 1.165) is 40.1 Å². The average Bonchev–Trinajstić information content (AvgIpc) is 3.17. The van der Waals surface area contributed by atoms with E-state index < -0.39 is 16.1 Å². The van der Waals surface area contributed by atoms with Crippen molar-refractivity contribution in [3.63, 3.8) is 0 Å². The van der Waals surface area contributed by atoms with Gasteiger partial charge in [-0.05, 0) is 48.9 Å². The maximum atomic E-state index is 12.3. The van der Waals surface area contributed by atoms with Gasteiger partial charge in [-0.15, -0.1) is 0 Å². The standard InChI is InChI=1S/C25H23Cl2N3O4S/c1-3-24-28-22-14-20(26)21(27)15-23(22)30(24)18-8-6-17(7-9-18)12-13-34-25(31)29-35(32,33)19-10-4-16(2)5-11-19/h4-11,14-15H,3,12-13H2,1-2H3,(H,29,31). The van der Waals surface area contributed by atoms with Gasteiger partial charge in [-0.25, -0.2) is 22.9 Å². The zero-order valence-electron chi connectivity index (χ0n) is 19.1. The van der Waals surface area contributed by atoms with Crippen molar-refractivity contribution in [3.05, 3.63) is 87.7 Å². The van der Waals surface area contributed by atoms with Crippen LogP contribution >= 0.6 is 23.2 Å². The molecule has 0 aliphatic carbocycles. The first-order valence-corrected chi connectivity index (χ1v) is 13.1. The van der Waals surface area contributed by atoms with Crippen LogP contribution in [0.1, 0.15) is 23.9 Å². The zero-order valence-corrected chi connectivity index (χ0v) is 21.4. The van der Waals surface area contributed by atoms with Gasteiger partial charge in [0.05, 0.1) is 32.6 Å². The van der Waals surface area contributed by atoms with Crippen molar-refractivity contribution < 1.29 is 17.9 Å². The Hall–Kier alpha value is -3.07. The summed E-state index contributed by atoms with van der Waals surface area (Å²) in [6.07, 6.45) is 0.126. The highest BCUT2D eigenvalue weighted by atomic mass is 35.5. The molecular weight excluding hydrogens is 509 g/mol. The minimum Gasteiger partial charge on any atom is -0.448 e. The molecule has 0 radical (unpaired) electrons. The number of hydrogen-bond acceptors (Lipinski definition) is 5. The van der Waals surface area contributed by atoms with Gasteiger partial charge in [-0.2, -0.15) is 0 Å². The number of nitrogens with zero attached hydrogens (tertiary/aromatic N) is 2. The highest BCUT2D eigenvalue weighted by Gasteiger charge is 2.18. The van der Waals surface area contributed by atoms with Crippen LogP contribution in [0.3, 0.4) is 0 Å². The van der Waals surface area contributed by atoms with Gasteiger partial charge in [0, 0.05) is 18.5 Å². The smallest absolute Gasteiger partial charge is 0.421 e. The van der Waals surface area contributed by atoms with Crippen LogP contribution in [-0.2, 0) is 27.6 Å². The van der Waals surface area contributed by atoms with Gasteiger partial charge in [0.15, 0.2) is 0 Å². The van der Waals surface area contributed by atoms with Gasteiger partial charge in [-0.3, -0.25) is 4.57 Å². The lowest BCUT2D eigenvalue weighted by molar-refractivity contribution is 0.154. The number of carbonyl (C=O) groups is 1. The molecule has 10 heteroatoms. The second kappa shape index (κ2) is 10.3. The van der Waals surface area contributed by atoms with Crippen LogP contribution in [0.25, 0.3) is 16.7 Å². The first-order chi connectivity index (χ1) is 16.7. The van der Waals surface area contributed by atoms with E-state index in [1.165, 1.54) is 12.1 Å². The third-order valence-electron chi connectivity index (χ3n) is 5.45. The molecule has 1 N–H and O–H groups in total. The summed E-state index contributed by atoms with van der Waals surface area (Å²) < 4.78 is 33.6. The summed E-state index contributed by atoms with van der Waals surface area (Å²) in [4.78, 5) is 16.7. The number of aromatic nitrogens is 2.